The lowest BCUT2D eigenvalue weighted by Crippen LogP contribution is -2.34. The zero-order valence-corrected chi connectivity index (χ0v) is 16.2. The number of hydrogen-bond donors (Lipinski definition) is 2. The Balaban J connectivity index is 2.00. The van der Waals surface area contributed by atoms with Gasteiger partial charge in [-0.05, 0) is 55.9 Å². The second-order valence-electron chi connectivity index (χ2n) is 5.41. The molecule has 0 atom stereocenters. The van der Waals surface area contributed by atoms with Crippen LogP contribution in [0.5, 0.6) is 5.75 Å². The van der Waals surface area contributed by atoms with Crippen LogP contribution in [0.15, 0.2) is 42.5 Å². The molecule has 0 unspecified atom stereocenters. The molecule has 5 nitrogen and oxygen atoms in total. The molecule has 0 fully saturated rings. The molecule has 7 heteroatoms. The number of amides is 1. The van der Waals surface area contributed by atoms with Crippen molar-refractivity contribution in [2.75, 3.05) is 25.1 Å². The van der Waals surface area contributed by atoms with Crippen LogP contribution in [0.1, 0.15) is 22.8 Å². The molecule has 0 aromatic heterocycles. The van der Waals surface area contributed by atoms with Crippen LogP contribution in [-0.4, -0.2) is 30.8 Å². The van der Waals surface area contributed by atoms with Crippen LogP contribution in [0, 0.1) is 6.92 Å². The van der Waals surface area contributed by atoms with Gasteiger partial charge in [0.2, 0.25) is 0 Å². The number of anilines is 1. The molecule has 1 amide bonds. The number of nitrogens with one attached hydrogen (secondary N) is 2. The van der Waals surface area contributed by atoms with Crippen molar-refractivity contribution >= 4 is 40.5 Å². The molecule has 0 aliphatic heterocycles. The van der Waals surface area contributed by atoms with Gasteiger partial charge in [0, 0.05) is 17.3 Å². The van der Waals surface area contributed by atoms with E-state index in [9.17, 15) is 4.79 Å². The topological polar surface area (TPSA) is 59.6 Å². The van der Waals surface area contributed by atoms with Gasteiger partial charge in [0.25, 0.3) is 5.91 Å². The highest BCUT2D eigenvalue weighted by Gasteiger charge is 2.14. The summed E-state index contributed by atoms with van der Waals surface area (Å²) in [5, 5.41) is 6.41. The zero-order chi connectivity index (χ0) is 18.9. The van der Waals surface area contributed by atoms with Crippen LogP contribution in [0.25, 0.3) is 0 Å². The Morgan fingerprint density at radius 1 is 1.19 bits per heavy atom. The number of hydrogen-bond acceptors (Lipinski definition) is 4. The highest BCUT2D eigenvalue weighted by Crippen LogP contribution is 2.21. The van der Waals surface area contributed by atoms with Crippen molar-refractivity contribution in [3.8, 4) is 5.75 Å². The lowest BCUT2D eigenvalue weighted by atomic mass is 10.2. The van der Waals surface area contributed by atoms with Gasteiger partial charge in [0.15, 0.2) is 5.11 Å². The van der Waals surface area contributed by atoms with Crippen molar-refractivity contribution in [1.82, 2.24) is 5.32 Å². The number of carbonyl (C=O) groups excluding carboxylic acids is 1. The molecule has 0 heterocycles. The number of aryl methyl sites for hydroxylation is 1. The van der Waals surface area contributed by atoms with E-state index in [4.69, 9.17) is 33.3 Å². The average molecular weight is 393 g/mol. The van der Waals surface area contributed by atoms with E-state index in [0.717, 1.165) is 11.3 Å². The van der Waals surface area contributed by atoms with Gasteiger partial charge in [0.05, 0.1) is 12.2 Å². The van der Waals surface area contributed by atoms with E-state index in [-0.39, 0.29) is 11.0 Å². The number of halogens is 1. The fraction of sp³-hybridized carbons (Fsp3) is 0.263. The first kappa shape index (κ1) is 20.2. The molecule has 0 spiro atoms. The first-order valence-corrected chi connectivity index (χ1v) is 8.98. The summed E-state index contributed by atoms with van der Waals surface area (Å²) in [7, 11) is 0. The molecule has 0 radical (unpaired) electrons. The minimum absolute atomic E-state index is 0.185. The fourth-order valence-corrected chi connectivity index (χ4v) is 2.56. The minimum atomic E-state index is -0.353. The Labute approximate surface area is 163 Å². The molecule has 0 saturated carbocycles. The van der Waals surface area contributed by atoms with Gasteiger partial charge in [-0.2, -0.15) is 0 Å². The van der Waals surface area contributed by atoms with Crippen LogP contribution < -0.4 is 15.4 Å². The summed E-state index contributed by atoms with van der Waals surface area (Å²) >= 11 is 11.2. The summed E-state index contributed by atoms with van der Waals surface area (Å²) in [6.45, 7) is 5.28. The van der Waals surface area contributed by atoms with Crippen LogP contribution in [0.4, 0.5) is 5.69 Å². The van der Waals surface area contributed by atoms with Crippen molar-refractivity contribution in [2.24, 2.45) is 0 Å². The summed E-state index contributed by atoms with van der Waals surface area (Å²) in [5.74, 6) is 0.126. The van der Waals surface area contributed by atoms with E-state index in [1.165, 1.54) is 0 Å². The summed E-state index contributed by atoms with van der Waals surface area (Å²) in [5.41, 5.74) is 2.10. The predicted octanol–water partition coefficient (Wildman–Crippen LogP) is 4.19. The van der Waals surface area contributed by atoms with Gasteiger partial charge >= 0.3 is 0 Å². The fourth-order valence-electron chi connectivity index (χ4n) is 2.19. The molecule has 2 N–H and O–H groups in total. The molecule has 0 aliphatic rings. The Hall–Kier alpha value is -2.15. The molecule has 0 aliphatic carbocycles. The average Bonchev–Trinajstić information content (AvgIpc) is 2.62. The standard InChI is InChI=1S/C19H21ClN2O3S/c1-3-24-10-11-25-17-7-5-4-6-15(17)18(23)22-19(26)21-16-12-14(20)9-8-13(16)2/h4-9,12H,3,10-11H2,1-2H3,(H2,21,22,23,26). The highest BCUT2D eigenvalue weighted by molar-refractivity contribution is 7.80. The summed E-state index contributed by atoms with van der Waals surface area (Å²) in [6, 6.07) is 12.4. The van der Waals surface area contributed by atoms with Gasteiger partial charge in [0.1, 0.15) is 12.4 Å². The van der Waals surface area contributed by atoms with Crippen molar-refractivity contribution < 1.29 is 14.3 Å². The predicted molar refractivity (Wildman–Crippen MR) is 108 cm³/mol. The summed E-state index contributed by atoms with van der Waals surface area (Å²) in [4.78, 5) is 12.5. The van der Waals surface area contributed by atoms with Crippen LogP contribution >= 0.6 is 23.8 Å². The van der Waals surface area contributed by atoms with Gasteiger partial charge in [-0.15, -0.1) is 0 Å². The van der Waals surface area contributed by atoms with Gasteiger partial charge in [-0.1, -0.05) is 29.8 Å². The largest absolute Gasteiger partial charge is 0.490 e. The molecular formula is C19H21ClN2O3S. The lowest BCUT2D eigenvalue weighted by molar-refractivity contribution is 0.0958. The van der Waals surface area contributed by atoms with Gasteiger partial charge in [-0.25, -0.2) is 0 Å². The number of carbonyl (C=O) groups is 1. The van der Waals surface area contributed by atoms with E-state index in [1.807, 2.05) is 19.9 Å². The second kappa shape index (κ2) is 10.1. The molecule has 0 bridgehead atoms. The number of benzene rings is 2. The van der Waals surface area contributed by atoms with E-state index < -0.39 is 0 Å². The Morgan fingerprint density at radius 2 is 1.96 bits per heavy atom. The highest BCUT2D eigenvalue weighted by atomic mass is 35.5. The Morgan fingerprint density at radius 3 is 2.73 bits per heavy atom. The Kier molecular flexibility index (Phi) is 7.84. The van der Waals surface area contributed by atoms with Crippen LogP contribution in [0.2, 0.25) is 5.02 Å². The SMILES string of the molecule is CCOCCOc1ccccc1C(=O)NC(=S)Nc1cc(Cl)ccc1C. The monoisotopic (exact) mass is 392 g/mol. The number of thiocarbonyl (C=S) groups is 1. The molecular weight excluding hydrogens is 372 g/mol. The second-order valence-corrected chi connectivity index (χ2v) is 6.25. The van der Waals surface area contributed by atoms with Crippen molar-refractivity contribution in [1.29, 1.82) is 0 Å². The molecule has 2 aromatic carbocycles. The molecule has 2 rings (SSSR count). The summed E-state index contributed by atoms with van der Waals surface area (Å²) in [6.07, 6.45) is 0. The maximum Gasteiger partial charge on any atom is 0.261 e. The van der Waals surface area contributed by atoms with Gasteiger partial charge < -0.3 is 14.8 Å². The minimum Gasteiger partial charge on any atom is -0.490 e. The first-order chi connectivity index (χ1) is 12.5. The van der Waals surface area contributed by atoms with E-state index >= 15 is 0 Å². The zero-order valence-electron chi connectivity index (χ0n) is 14.7. The Bertz CT molecular complexity index is 783. The number of para-hydroxylation sites is 1. The number of ether oxygens (including phenoxy) is 2. The third kappa shape index (κ3) is 5.98. The lowest BCUT2D eigenvalue weighted by Gasteiger charge is -2.14. The molecule has 0 saturated heterocycles. The van der Waals surface area contributed by atoms with Crippen LogP contribution in [-0.2, 0) is 4.74 Å². The summed E-state index contributed by atoms with van der Waals surface area (Å²) < 4.78 is 10.9. The van der Waals surface area contributed by atoms with Crippen molar-refractivity contribution in [2.45, 2.75) is 13.8 Å². The third-order valence-electron chi connectivity index (χ3n) is 3.50. The normalized spacial score (nSPS) is 10.3. The molecule has 2 aromatic rings. The smallest absolute Gasteiger partial charge is 0.261 e. The third-order valence-corrected chi connectivity index (χ3v) is 3.94. The number of rotatable bonds is 7. The molecule has 138 valence electrons. The van der Waals surface area contributed by atoms with Crippen molar-refractivity contribution in [3.63, 3.8) is 0 Å². The quantitative estimate of drug-likeness (QED) is 0.546. The molecule has 26 heavy (non-hydrogen) atoms. The van der Waals surface area contributed by atoms with E-state index in [2.05, 4.69) is 10.6 Å². The maximum absolute atomic E-state index is 12.5. The van der Waals surface area contributed by atoms with Crippen molar-refractivity contribution in [3.05, 3.63) is 58.6 Å². The van der Waals surface area contributed by atoms with Crippen LogP contribution in [0.3, 0.4) is 0 Å². The maximum atomic E-state index is 12.5. The van der Waals surface area contributed by atoms with E-state index in [1.54, 1.807) is 36.4 Å². The van der Waals surface area contributed by atoms with E-state index in [0.29, 0.717) is 36.2 Å². The first-order valence-electron chi connectivity index (χ1n) is 8.19. The van der Waals surface area contributed by atoms with Gasteiger partial charge in [-0.3, -0.25) is 10.1 Å².